The fourth-order valence-corrected chi connectivity index (χ4v) is 2.69. The first-order valence-corrected chi connectivity index (χ1v) is 6.17. The van der Waals surface area contributed by atoms with Crippen LogP contribution in [0.1, 0.15) is 12.0 Å². The van der Waals surface area contributed by atoms with Crippen molar-refractivity contribution < 1.29 is 4.92 Å². The van der Waals surface area contributed by atoms with E-state index in [2.05, 4.69) is 17.3 Å². The van der Waals surface area contributed by atoms with Gasteiger partial charge in [-0.3, -0.25) is 15.0 Å². The third kappa shape index (κ3) is 2.58. The molecule has 88 valence electrons. The maximum Gasteiger partial charge on any atom is 0.324 e. The van der Waals surface area contributed by atoms with Crippen molar-refractivity contribution in [3.05, 3.63) is 27.1 Å². The Hall–Kier alpha value is -0.980. The Balaban J connectivity index is 1.94. The molecular weight excluding hydrogens is 226 g/mol. The molecule has 1 N–H and O–H groups in total. The summed E-state index contributed by atoms with van der Waals surface area (Å²) in [4.78, 5) is 12.5. The number of rotatable bonds is 4. The number of hydrogen-bond donors (Lipinski definition) is 1. The first-order valence-electron chi connectivity index (χ1n) is 5.29. The topological polar surface area (TPSA) is 58.4 Å². The molecule has 1 unspecified atom stereocenters. The molecule has 1 aliphatic rings. The van der Waals surface area contributed by atoms with Crippen LogP contribution in [-0.4, -0.2) is 36.0 Å². The monoisotopic (exact) mass is 241 g/mol. The molecule has 5 nitrogen and oxygen atoms in total. The lowest BCUT2D eigenvalue weighted by Crippen LogP contribution is -2.32. The number of hydrogen-bond acceptors (Lipinski definition) is 5. The second-order valence-electron chi connectivity index (χ2n) is 4.11. The molecule has 16 heavy (non-hydrogen) atoms. The van der Waals surface area contributed by atoms with E-state index in [1.165, 1.54) is 11.3 Å². The summed E-state index contributed by atoms with van der Waals surface area (Å²) >= 11 is 1.20. The molecule has 0 bridgehead atoms. The van der Waals surface area contributed by atoms with E-state index in [4.69, 9.17) is 0 Å². The van der Waals surface area contributed by atoms with Crippen LogP contribution in [0.5, 0.6) is 0 Å². The highest BCUT2D eigenvalue weighted by atomic mass is 32.1. The van der Waals surface area contributed by atoms with Gasteiger partial charge in [0.15, 0.2) is 0 Å². The van der Waals surface area contributed by atoms with Crippen molar-refractivity contribution in [3.63, 3.8) is 0 Å². The maximum atomic E-state index is 10.5. The highest BCUT2D eigenvalue weighted by Crippen LogP contribution is 2.24. The van der Waals surface area contributed by atoms with E-state index in [-0.39, 0.29) is 9.92 Å². The summed E-state index contributed by atoms with van der Waals surface area (Å²) in [5.74, 6) is 0. The quantitative estimate of drug-likeness (QED) is 0.640. The molecule has 0 radical (unpaired) electrons. The predicted molar refractivity (Wildman–Crippen MR) is 63.7 cm³/mol. The minimum Gasteiger partial charge on any atom is -0.315 e. The van der Waals surface area contributed by atoms with Crippen LogP contribution in [0.25, 0.3) is 0 Å². The van der Waals surface area contributed by atoms with Gasteiger partial charge in [0, 0.05) is 30.6 Å². The van der Waals surface area contributed by atoms with Crippen LogP contribution in [0.2, 0.25) is 0 Å². The highest BCUT2D eigenvalue weighted by molar-refractivity contribution is 7.13. The van der Waals surface area contributed by atoms with Crippen molar-refractivity contribution in [2.45, 2.75) is 19.0 Å². The van der Waals surface area contributed by atoms with Crippen LogP contribution in [0.4, 0.5) is 5.00 Å². The summed E-state index contributed by atoms with van der Waals surface area (Å²) < 4.78 is 0. The summed E-state index contributed by atoms with van der Waals surface area (Å²) in [7, 11) is 2.07. The second-order valence-corrected chi connectivity index (χ2v) is 5.00. The fourth-order valence-electron chi connectivity index (χ4n) is 1.97. The first kappa shape index (κ1) is 11.5. The van der Waals surface area contributed by atoms with Gasteiger partial charge >= 0.3 is 5.00 Å². The maximum absolute atomic E-state index is 10.5. The highest BCUT2D eigenvalue weighted by Gasteiger charge is 2.20. The van der Waals surface area contributed by atoms with Gasteiger partial charge in [-0.2, -0.15) is 0 Å². The molecule has 0 aromatic carbocycles. The first-order chi connectivity index (χ1) is 7.66. The Morgan fingerprint density at radius 2 is 2.56 bits per heavy atom. The molecule has 0 saturated carbocycles. The van der Waals surface area contributed by atoms with Gasteiger partial charge in [0.05, 0.1) is 4.92 Å². The lowest BCUT2D eigenvalue weighted by atomic mass is 10.2. The van der Waals surface area contributed by atoms with Crippen LogP contribution in [-0.2, 0) is 6.54 Å². The van der Waals surface area contributed by atoms with Gasteiger partial charge in [-0.25, -0.2) is 0 Å². The number of nitrogens with one attached hydrogen (secondary N) is 1. The second kappa shape index (κ2) is 4.90. The van der Waals surface area contributed by atoms with Crippen molar-refractivity contribution in [1.82, 2.24) is 10.2 Å². The molecule has 1 aliphatic heterocycles. The molecule has 0 spiro atoms. The average molecular weight is 241 g/mol. The van der Waals surface area contributed by atoms with Crippen LogP contribution in [0, 0.1) is 10.1 Å². The largest absolute Gasteiger partial charge is 0.324 e. The Morgan fingerprint density at radius 1 is 1.75 bits per heavy atom. The van der Waals surface area contributed by atoms with Crippen molar-refractivity contribution in [2.24, 2.45) is 0 Å². The summed E-state index contributed by atoms with van der Waals surface area (Å²) in [6.45, 7) is 2.87. The van der Waals surface area contributed by atoms with Crippen LogP contribution >= 0.6 is 11.3 Å². The van der Waals surface area contributed by atoms with Gasteiger partial charge in [-0.15, -0.1) is 0 Å². The van der Waals surface area contributed by atoms with Crippen LogP contribution < -0.4 is 5.32 Å². The zero-order chi connectivity index (χ0) is 11.5. The van der Waals surface area contributed by atoms with Gasteiger partial charge < -0.3 is 5.32 Å². The van der Waals surface area contributed by atoms with Crippen molar-refractivity contribution in [1.29, 1.82) is 0 Å². The SMILES string of the molecule is CN(Cc1csc([N+](=O)[O-])c1)C1CCNC1. The summed E-state index contributed by atoms with van der Waals surface area (Å²) in [5, 5.41) is 16.0. The lowest BCUT2D eigenvalue weighted by molar-refractivity contribution is -0.380. The van der Waals surface area contributed by atoms with Gasteiger partial charge in [0.2, 0.25) is 0 Å². The molecule has 2 rings (SSSR count). The zero-order valence-corrected chi connectivity index (χ0v) is 10.00. The van der Waals surface area contributed by atoms with Crippen LogP contribution in [0.3, 0.4) is 0 Å². The number of likely N-dealkylation sites (N-methyl/N-ethyl adjacent to an activating group) is 1. The standard InChI is InChI=1S/C10H15N3O2S/c1-12(9-2-3-11-5-9)6-8-4-10(13(14)15)16-7-8/h4,7,9,11H,2-3,5-6H2,1H3. The summed E-state index contributed by atoms with van der Waals surface area (Å²) in [6, 6.07) is 2.22. The minimum absolute atomic E-state index is 0.230. The normalized spacial score (nSPS) is 20.5. The Bertz CT molecular complexity index is 374. The van der Waals surface area contributed by atoms with Crippen LogP contribution in [0.15, 0.2) is 11.4 Å². The third-order valence-corrected chi connectivity index (χ3v) is 3.84. The molecule has 1 atom stereocenters. The van der Waals surface area contributed by atoms with E-state index < -0.39 is 0 Å². The zero-order valence-electron chi connectivity index (χ0n) is 9.18. The van der Waals surface area contributed by atoms with E-state index in [9.17, 15) is 10.1 Å². The molecule has 1 fully saturated rings. The van der Waals surface area contributed by atoms with Gasteiger partial charge in [0.1, 0.15) is 0 Å². The molecule has 2 heterocycles. The number of nitrogens with zero attached hydrogens (tertiary/aromatic N) is 2. The van der Waals surface area contributed by atoms with E-state index in [0.29, 0.717) is 6.04 Å². The van der Waals surface area contributed by atoms with E-state index in [0.717, 1.165) is 31.6 Å². The summed E-state index contributed by atoms with van der Waals surface area (Å²) in [5.41, 5.74) is 1.03. The molecule has 0 aliphatic carbocycles. The average Bonchev–Trinajstić information content (AvgIpc) is 2.87. The molecule has 1 saturated heterocycles. The molecular formula is C10H15N3O2S. The molecule has 1 aromatic rings. The Labute approximate surface area is 98.2 Å². The lowest BCUT2D eigenvalue weighted by Gasteiger charge is -2.22. The van der Waals surface area contributed by atoms with Gasteiger partial charge in [-0.1, -0.05) is 11.3 Å². The fraction of sp³-hybridized carbons (Fsp3) is 0.600. The Kier molecular flexibility index (Phi) is 3.52. The summed E-state index contributed by atoms with van der Waals surface area (Å²) in [6.07, 6.45) is 1.16. The van der Waals surface area contributed by atoms with E-state index >= 15 is 0 Å². The third-order valence-electron chi connectivity index (χ3n) is 2.91. The van der Waals surface area contributed by atoms with Gasteiger partial charge in [0.25, 0.3) is 0 Å². The van der Waals surface area contributed by atoms with Crippen molar-refractivity contribution >= 4 is 16.3 Å². The smallest absolute Gasteiger partial charge is 0.315 e. The molecule has 1 aromatic heterocycles. The number of nitro groups is 1. The van der Waals surface area contributed by atoms with Gasteiger partial charge in [-0.05, 0) is 25.6 Å². The number of thiophene rings is 1. The van der Waals surface area contributed by atoms with Crippen molar-refractivity contribution in [2.75, 3.05) is 20.1 Å². The predicted octanol–water partition coefficient (Wildman–Crippen LogP) is 1.45. The van der Waals surface area contributed by atoms with Crippen molar-refractivity contribution in [3.8, 4) is 0 Å². The molecule has 0 amide bonds. The minimum atomic E-state index is -0.328. The van der Waals surface area contributed by atoms with E-state index in [1.54, 1.807) is 6.07 Å². The van der Waals surface area contributed by atoms with E-state index in [1.807, 2.05) is 5.38 Å². The molecule has 6 heteroatoms. The Morgan fingerprint density at radius 3 is 3.12 bits per heavy atom.